The lowest BCUT2D eigenvalue weighted by Gasteiger charge is -2.19. The average molecular weight is 169 g/mol. The van der Waals surface area contributed by atoms with Crippen molar-refractivity contribution in [3.8, 4) is 0 Å². The highest BCUT2D eigenvalue weighted by molar-refractivity contribution is 5.52. The van der Waals surface area contributed by atoms with Crippen LogP contribution in [0.4, 0.5) is 0 Å². The van der Waals surface area contributed by atoms with Gasteiger partial charge >= 0.3 is 0 Å². The molecule has 3 unspecified atom stereocenters. The van der Waals surface area contributed by atoms with Crippen LogP contribution < -0.4 is 5.32 Å². The van der Waals surface area contributed by atoms with Crippen LogP contribution in [0.5, 0.6) is 0 Å². The zero-order valence-corrected chi connectivity index (χ0v) is 8.05. The lowest BCUT2D eigenvalue weighted by molar-refractivity contribution is -0.111. The molecular weight excluding hydrogens is 150 g/mol. The summed E-state index contributed by atoms with van der Waals surface area (Å²) >= 11 is 0. The topological polar surface area (TPSA) is 29.1 Å². The van der Waals surface area contributed by atoms with Crippen molar-refractivity contribution in [1.82, 2.24) is 5.32 Å². The molecule has 1 rings (SSSR count). The summed E-state index contributed by atoms with van der Waals surface area (Å²) in [7, 11) is 2.02. The molecule has 70 valence electrons. The molecule has 1 fully saturated rings. The summed E-state index contributed by atoms with van der Waals surface area (Å²) in [4.78, 5) is 10.5. The van der Waals surface area contributed by atoms with Gasteiger partial charge in [-0.3, -0.25) is 0 Å². The van der Waals surface area contributed by atoms with Gasteiger partial charge in [-0.25, -0.2) is 0 Å². The minimum Gasteiger partial charge on any atom is -0.317 e. The number of nitrogens with one attached hydrogen (secondary N) is 1. The molecule has 0 saturated heterocycles. The van der Waals surface area contributed by atoms with Gasteiger partial charge in [-0.2, -0.15) is 0 Å². The maximum absolute atomic E-state index is 10.5. The third kappa shape index (κ3) is 2.31. The number of aldehydes is 1. The molecule has 0 aromatic heterocycles. The molecule has 0 radical (unpaired) electrons. The van der Waals surface area contributed by atoms with Crippen LogP contribution >= 0.6 is 0 Å². The third-order valence-corrected chi connectivity index (χ3v) is 2.94. The molecular formula is C10H19NO. The van der Waals surface area contributed by atoms with E-state index in [1.165, 1.54) is 19.3 Å². The van der Waals surface area contributed by atoms with Crippen LogP contribution in [0.2, 0.25) is 0 Å². The van der Waals surface area contributed by atoms with Crippen molar-refractivity contribution in [3.05, 3.63) is 0 Å². The first-order valence-electron chi connectivity index (χ1n) is 4.90. The second kappa shape index (κ2) is 4.61. The molecule has 0 aliphatic heterocycles. The van der Waals surface area contributed by atoms with Gasteiger partial charge in [-0.15, -0.1) is 0 Å². The van der Waals surface area contributed by atoms with Gasteiger partial charge in [0, 0.05) is 12.0 Å². The van der Waals surface area contributed by atoms with Crippen molar-refractivity contribution in [3.63, 3.8) is 0 Å². The van der Waals surface area contributed by atoms with E-state index in [2.05, 4.69) is 5.32 Å². The van der Waals surface area contributed by atoms with Gasteiger partial charge in [-0.05, 0) is 32.2 Å². The first kappa shape index (κ1) is 9.72. The van der Waals surface area contributed by atoms with Crippen LogP contribution in [0.15, 0.2) is 0 Å². The summed E-state index contributed by atoms with van der Waals surface area (Å²) in [6.45, 7) is 2.01. The minimum absolute atomic E-state index is 0.240. The van der Waals surface area contributed by atoms with E-state index in [1.54, 1.807) is 0 Å². The zero-order chi connectivity index (χ0) is 8.97. The summed E-state index contributed by atoms with van der Waals surface area (Å²) in [5.74, 6) is 0.971. The number of carbonyl (C=O) groups is 1. The van der Waals surface area contributed by atoms with E-state index in [1.807, 2.05) is 14.0 Å². The molecule has 0 bridgehead atoms. The van der Waals surface area contributed by atoms with Crippen molar-refractivity contribution in [2.45, 2.75) is 38.6 Å². The van der Waals surface area contributed by atoms with E-state index >= 15 is 0 Å². The van der Waals surface area contributed by atoms with E-state index < -0.39 is 0 Å². The number of hydrogen-bond donors (Lipinski definition) is 1. The molecule has 0 spiro atoms. The van der Waals surface area contributed by atoms with E-state index in [4.69, 9.17) is 0 Å². The van der Waals surface area contributed by atoms with Crippen LogP contribution in [0.1, 0.15) is 32.6 Å². The Hall–Kier alpha value is -0.370. The fourth-order valence-corrected chi connectivity index (χ4v) is 2.23. The molecule has 2 heteroatoms. The largest absolute Gasteiger partial charge is 0.317 e. The average Bonchev–Trinajstić information content (AvgIpc) is 2.51. The SMILES string of the molecule is CNC1CCCC1CC(C)C=O. The number of carbonyl (C=O) groups excluding carboxylic acids is 1. The molecule has 1 N–H and O–H groups in total. The van der Waals surface area contributed by atoms with Gasteiger partial charge < -0.3 is 10.1 Å². The Kier molecular flexibility index (Phi) is 3.73. The lowest BCUT2D eigenvalue weighted by atomic mass is 9.92. The summed E-state index contributed by atoms with van der Waals surface area (Å²) in [5.41, 5.74) is 0. The predicted molar refractivity (Wildman–Crippen MR) is 50.0 cm³/mol. The Morgan fingerprint density at radius 2 is 2.33 bits per heavy atom. The second-order valence-electron chi connectivity index (χ2n) is 3.94. The maximum atomic E-state index is 10.5. The predicted octanol–water partition coefficient (Wildman–Crippen LogP) is 1.60. The summed E-state index contributed by atoms with van der Waals surface area (Å²) < 4.78 is 0. The van der Waals surface area contributed by atoms with Crippen molar-refractivity contribution in [1.29, 1.82) is 0 Å². The molecule has 12 heavy (non-hydrogen) atoms. The molecule has 3 atom stereocenters. The van der Waals surface area contributed by atoms with Crippen LogP contribution in [0, 0.1) is 11.8 Å². The quantitative estimate of drug-likeness (QED) is 0.648. The summed E-state index contributed by atoms with van der Waals surface area (Å²) in [5, 5.41) is 3.33. The molecule has 0 aromatic rings. The molecule has 1 aliphatic rings. The Labute approximate surface area is 74.7 Å². The fourth-order valence-electron chi connectivity index (χ4n) is 2.23. The Bertz CT molecular complexity index is 147. The summed E-state index contributed by atoms with van der Waals surface area (Å²) in [6, 6.07) is 0.660. The number of hydrogen-bond acceptors (Lipinski definition) is 2. The van der Waals surface area contributed by atoms with Crippen LogP contribution in [-0.4, -0.2) is 19.4 Å². The van der Waals surface area contributed by atoms with E-state index in [-0.39, 0.29) is 5.92 Å². The highest BCUT2D eigenvalue weighted by atomic mass is 16.1. The Morgan fingerprint density at radius 1 is 1.58 bits per heavy atom. The molecule has 0 heterocycles. The first-order valence-corrected chi connectivity index (χ1v) is 4.90. The van der Waals surface area contributed by atoms with Gasteiger partial charge in [-0.1, -0.05) is 13.3 Å². The Balaban J connectivity index is 2.34. The highest BCUT2D eigenvalue weighted by Gasteiger charge is 2.26. The number of rotatable bonds is 4. The normalized spacial score (nSPS) is 31.8. The third-order valence-electron chi connectivity index (χ3n) is 2.94. The minimum atomic E-state index is 0.240. The standard InChI is InChI=1S/C10H19NO/c1-8(7-12)6-9-4-3-5-10(9)11-2/h7-11H,3-6H2,1-2H3. The van der Waals surface area contributed by atoms with Gasteiger partial charge in [0.25, 0.3) is 0 Å². The zero-order valence-electron chi connectivity index (χ0n) is 8.05. The van der Waals surface area contributed by atoms with E-state index in [0.717, 1.165) is 18.6 Å². The van der Waals surface area contributed by atoms with Gasteiger partial charge in [0.15, 0.2) is 0 Å². The molecule has 1 aliphatic carbocycles. The monoisotopic (exact) mass is 169 g/mol. The van der Waals surface area contributed by atoms with Gasteiger partial charge in [0.2, 0.25) is 0 Å². The van der Waals surface area contributed by atoms with Gasteiger partial charge in [0.05, 0.1) is 0 Å². The maximum Gasteiger partial charge on any atom is 0.122 e. The smallest absolute Gasteiger partial charge is 0.122 e. The Morgan fingerprint density at radius 3 is 2.92 bits per heavy atom. The highest BCUT2D eigenvalue weighted by Crippen LogP contribution is 2.30. The van der Waals surface area contributed by atoms with Crippen molar-refractivity contribution < 1.29 is 4.79 Å². The van der Waals surface area contributed by atoms with Crippen molar-refractivity contribution in [2.24, 2.45) is 11.8 Å². The molecule has 1 saturated carbocycles. The molecule has 2 nitrogen and oxygen atoms in total. The molecule has 0 aromatic carbocycles. The van der Waals surface area contributed by atoms with Crippen molar-refractivity contribution in [2.75, 3.05) is 7.05 Å². The van der Waals surface area contributed by atoms with Crippen LogP contribution in [0.3, 0.4) is 0 Å². The molecule has 0 amide bonds. The second-order valence-corrected chi connectivity index (χ2v) is 3.94. The van der Waals surface area contributed by atoms with Crippen molar-refractivity contribution >= 4 is 6.29 Å². The summed E-state index contributed by atoms with van der Waals surface area (Å²) in [6.07, 6.45) is 6.04. The van der Waals surface area contributed by atoms with Crippen LogP contribution in [-0.2, 0) is 4.79 Å². The van der Waals surface area contributed by atoms with E-state index in [9.17, 15) is 4.79 Å². The van der Waals surface area contributed by atoms with E-state index in [0.29, 0.717) is 6.04 Å². The first-order chi connectivity index (χ1) is 5.77. The van der Waals surface area contributed by atoms with Crippen LogP contribution in [0.25, 0.3) is 0 Å². The fraction of sp³-hybridized carbons (Fsp3) is 0.900. The van der Waals surface area contributed by atoms with Gasteiger partial charge in [0.1, 0.15) is 6.29 Å². The lowest BCUT2D eigenvalue weighted by Crippen LogP contribution is -2.30.